The summed E-state index contributed by atoms with van der Waals surface area (Å²) in [5.41, 5.74) is -0.386. The maximum Gasteiger partial charge on any atom is 0.417 e. The molecule has 3 heterocycles. The van der Waals surface area contributed by atoms with Crippen LogP contribution in [0.25, 0.3) is 0 Å². The van der Waals surface area contributed by atoms with E-state index in [0.717, 1.165) is 18.5 Å². The summed E-state index contributed by atoms with van der Waals surface area (Å²) in [6.45, 7) is 1.02. The van der Waals surface area contributed by atoms with Gasteiger partial charge in [0.25, 0.3) is 0 Å². The molecule has 1 fully saturated rings. The highest BCUT2D eigenvalue weighted by Gasteiger charge is 2.31. The van der Waals surface area contributed by atoms with E-state index < -0.39 is 17.6 Å². The Hall–Kier alpha value is -2.38. The monoisotopic (exact) mass is 327 g/mol. The van der Waals surface area contributed by atoms with Crippen molar-refractivity contribution in [2.24, 2.45) is 0 Å². The number of anilines is 1. The summed E-state index contributed by atoms with van der Waals surface area (Å²) in [6.07, 6.45) is -0.666. The lowest BCUT2D eigenvalue weighted by atomic mass is 10.3. The maximum atomic E-state index is 13.7. The average Bonchev–Trinajstić information content (AvgIpc) is 2.95. The quantitative estimate of drug-likeness (QED) is 0.811. The molecule has 0 N–H and O–H groups in total. The third-order valence-electron chi connectivity index (χ3n) is 3.59. The van der Waals surface area contributed by atoms with Crippen LogP contribution in [-0.2, 0) is 6.18 Å². The van der Waals surface area contributed by atoms with Crippen LogP contribution in [0, 0.1) is 5.82 Å². The van der Waals surface area contributed by atoms with E-state index in [9.17, 15) is 17.6 Å². The van der Waals surface area contributed by atoms with Crippen molar-refractivity contribution < 1.29 is 22.3 Å². The van der Waals surface area contributed by atoms with Crippen LogP contribution < -0.4 is 9.64 Å². The van der Waals surface area contributed by atoms with Gasteiger partial charge in [-0.2, -0.15) is 13.2 Å². The number of alkyl halides is 3. The predicted molar refractivity (Wildman–Crippen MR) is 74.7 cm³/mol. The number of hydrogen-bond acceptors (Lipinski definition) is 4. The predicted octanol–water partition coefficient (Wildman–Crippen LogP) is 3.29. The number of nitrogens with zero attached hydrogens (tertiary/aromatic N) is 3. The first-order valence-electron chi connectivity index (χ1n) is 6.98. The summed E-state index contributed by atoms with van der Waals surface area (Å²) in [5, 5.41) is 0. The lowest BCUT2D eigenvalue weighted by Crippen LogP contribution is -2.25. The van der Waals surface area contributed by atoms with Crippen LogP contribution in [0.4, 0.5) is 23.2 Å². The Morgan fingerprint density at radius 1 is 1.17 bits per heavy atom. The fourth-order valence-corrected chi connectivity index (χ4v) is 2.46. The summed E-state index contributed by atoms with van der Waals surface area (Å²) in [4.78, 5) is 9.19. The van der Waals surface area contributed by atoms with Crippen LogP contribution >= 0.6 is 0 Å². The van der Waals surface area contributed by atoms with E-state index in [4.69, 9.17) is 4.74 Å². The first-order valence-corrected chi connectivity index (χ1v) is 6.98. The van der Waals surface area contributed by atoms with Gasteiger partial charge in [0, 0.05) is 31.4 Å². The number of hydrogen-bond donors (Lipinski definition) is 0. The Morgan fingerprint density at radius 2 is 2.00 bits per heavy atom. The molecule has 0 bridgehead atoms. The van der Waals surface area contributed by atoms with Crippen molar-refractivity contribution in [2.75, 3.05) is 18.0 Å². The van der Waals surface area contributed by atoms with E-state index >= 15 is 0 Å². The van der Waals surface area contributed by atoms with Crippen LogP contribution in [0.2, 0.25) is 0 Å². The van der Waals surface area contributed by atoms with E-state index in [2.05, 4.69) is 9.97 Å². The zero-order valence-corrected chi connectivity index (χ0v) is 11.9. The molecule has 3 rings (SSSR count). The Balaban J connectivity index is 1.63. The van der Waals surface area contributed by atoms with Crippen LogP contribution in [-0.4, -0.2) is 29.2 Å². The van der Waals surface area contributed by atoms with E-state index in [1.165, 1.54) is 12.3 Å². The highest BCUT2D eigenvalue weighted by Crippen LogP contribution is 2.30. The lowest BCUT2D eigenvalue weighted by Gasteiger charge is -2.19. The molecule has 2 aromatic rings. The minimum Gasteiger partial charge on any atom is -0.472 e. The van der Waals surface area contributed by atoms with Gasteiger partial charge in [-0.1, -0.05) is 0 Å². The van der Waals surface area contributed by atoms with Gasteiger partial charge in [-0.25, -0.2) is 9.37 Å². The first-order chi connectivity index (χ1) is 10.9. The standard InChI is InChI=1S/C15H13F4N3O/c16-12-8-20-5-3-13(12)22-6-4-11(9-22)23-14-2-1-10(7-21-14)15(17,18)19/h1-3,5,7-8,11H,4,6,9H2. The van der Waals surface area contributed by atoms with Gasteiger partial charge in [0.1, 0.15) is 6.10 Å². The molecule has 0 amide bonds. The molecule has 1 aliphatic heterocycles. The fraction of sp³-hybridized carbons (Fsp3) is 0.333. The van der Waals surface area contributed by atoms with E-state index in [-0.39, 0.29) is 12.0 Å². The molecule has 1 atom stereocenters. The molecule has 0 saturated carbocycles. The summed E-state index contributed by atoms with van der Waals surface area (Å²) in [5.74, 6) is -0.291. The van der Waals surface area contributed by atoms with Crippen molar-refractivity contribution in [3.05, 3.63) is 48.2 Å². The summed E-state index contributed by atoms with van der Waals surface area (Å²) in [7, 11) is 0. The van der Waals surface area contributed by atoms with Gasteiger partial charge in [-0.15, -0.1) is 0 Å². The third-order valence-corrected chi connectivity index (χ3v) is 3.59. The Kier molecular flexibility index (Phi) is 4.06. The Bertz CT molecular complexity index is 675. The van der Waals surface area contributed by atoms with Crippen LogP contribution in [0.3, 0.4) is 0 Å². The molecule has 0 aliphatic carbocycles. The lowest BCUT2D eigenvalue weighted by molar-refractivity contribution is -0.137. The molecule has 8 heteroatoms. The van der Waals surface area contributed by atoms with Gasteiger partial charge in [0.15, 0.2) is 5.82 Å². The summed E-state index contributed by atoms with van der Waals surface area (Å²) in [6, 6.07) is 3.70. The topological polar surface area (TPSA) is 38.2 Å². The zero-order valence-electron chi connectivity index (χ0n) is 11.9. The van der Waals surface area contributed by atoms with Crippen molar-refractivity contribution >= 4 is 5.69 Å². The number of aromatic nitrogens is 2. The number of rotatable bonds is 3. The normalized spacial score (nSPS) is 18.3. The SMILES string of the molecule is Fc1cnccc1N1CCC(Oc2ccc(C(F)(F)F)cn2)C1. The maximum absolute atomic E-state index is 13.7. The molecule has 2 aromatic heterocycles. The minimum atomic E-state index is -4.42. The highest BCUT2D eigenvalue weighted by molar-refractivity contribution is 5.47. The van der Waals surface area contributed by atoms with Gasteiger partial charge in [-0.3, -0.25) is 4.98 Å². The molecule has 1 saturated heterocycles. The second kappa shape index (κ2) is 6.02. The molecule has 0 radical (unpaired) electrons. The van der Waals surface area contributed by atoms with Crippen molar-refractivity contribution in [1.82, 2.24) is 9.97 Å². The number of pyridine rings is 2. The van der Waals surface area contributed by atoms with Crippen LogP contribution in [0.5, 0.6) is 5.88 Å². The molecule has 0 spiro atoms. The summed E-state index contributed by atoms with van der Waals surface area (Å²) >= 11 is 0. The van der Waals surface area contributed by atoms with E-state index in [0.29, 0.717) is 25.2 Å². The molecule has 23 heavy (non-hydrogen) atoms. The Morgan fingerprint density at radius 3 is 2.65 bits per heavy atom. The van der Waals surface area contributed by atoms with E-state index in [1.54, 1.807) is 6.07 Å². The smallest absolute Gasteiger partial charge is 0.417 e. The summed E-state index contributed by atoms with van der Waals surface area (Å²) < 4.78 is 56.7. The van der Waals surface area contributed by atoms with E-state index in [1.807, 2.05) is 4.90 Å². The number of ether oxygens (including phenoxy) is 1. The van der Waals surface area contributed by atoms with Crippen molar-refractivity contribution in [1.29, 1.82) is 0 Å². The highest BCUT2D eigenvalue weighted by atomic mass is 19.4. The minimum absolute atomic E-state index is 0.125. The molecular formula is C15H13F4N3O. The second-order valence-electron chi connectivity index (χ2n) is 5.18. The molecular weight excluding hydrogens is 314 g/mol. The Labute approximate surface area is 129 Å². The molecule has 1 aliphatic rings. The third kappa shape index (κ3) is 3.52. The van der Waals surface area contributed by atoms with Gasteiger partial charge < -0.3 is 9.64 Å². The molecule has 122 valence electrons. The number of halogens is 4. The largest absolute Gasteiger partial charge is 0.472 e. The molecule has 0 aromatic carbocycles. The first kappa shape index (κ1) is 15.5. The molecule has 4 nitrogen and oxygen atoms in total. The van der Waals surface area contributed by atoms with Gasteiger partial charge in [-0.05, 0) is 12.1 Å². The van der Waals surface area contributed by atoms with Crippen molar-refractivity contribution in [2.45, 2.75) is 18.7 Å². The van der Waals surface area contributed by atoms with Gasteiger partial charge in [0.05, 0.1) is 24.0 Å². The van der Waals surface area contributed by atoms with Crippen molar-refractivity contribution in [3.8, 4) is 5.88 Å². The van der Waals surface area contributed by atoms with Crippen LogP contribution in [0.15, 0.2) is 36.8 Å². The average molecular weight is 327 g/mol. The van der Waals surface area contributed by atoms with Crippen LogP contribution in [0.1, 0.15) is 12.0 Å². The molecule has 1 unspecified atom stereocenters. The zero-order chi connectivity index (χ0) is 16.4. The van der Waals surface area contributed by atoms with Gasteiger partial charge in [0.2, 0.25) is 5.88 Å². The fourth-order valence-electron chi connectivity index (χ4n) is 2.46. The van der Waals surface area contributed by atoms with Crippen molar-refractivity contribution in [3.63, 3.8) is 0 Å². The van der Waals surface area contributed by atoms with Gasteiger partial charge >= 0.3 is 6.18 Å². The second-order valence-corrected chi connectivity index (χ2v) is 5.18.